The Morgan fingerprint density at radius 2 is 1.65 bits per heavy atom. The Kier molecular flexibility index (Phi) is 3.74. The molecule has 0 saturated carbocycles. The van der Waals surface area contributed by atoms with Gasteiger partial charge in [0.15, 0.2) is 11.6 Å². The average molecular weight is 299 g/mol. The number of rotatable bonds is 3. The summed E-state index contributed by atoms with van der Waals surface area (Å²) in [5.41, 5.74) is 0.633. The number of ether oxygens (including phenoxy) is 1. The summed E-state index contributed by atoms with van der Waals surface area (Å²) in [4.78, 5) is 0. The average Bonchev–Trinajstić information content (AvgIpc) is 2.33. The second-order valence-electron chi connectivity index (χ2n) is 3.43. The lowest BCUT2D eigenvalue weighted by Gasteiger charge is -2.08. The van der Waals surface area contributed by atoms with Crippen molar-refractivity contribution in [2.24, 2.45) is 0 Å². The lowest BCUT2D eigenvalue weighted by atomic mass is 10.2. The standard InChI is InChI=1S/C13H9BrF2O/c14-13-9(4-3-6-11(13)16)8-17-12-7-2-1-5-10(12)15/h1-7H,8H2. The molecule has 0 aromatic heterocycles. The molecule has 0 N–H and O–H groups in total. The fourth-order valence-corrected chi connectivity index (χ4v) is 1.76. The van der Waals surface area contributed by atoms with Gasteiger partial charge in [0.2, 0.25) is 0 Å². The first-order valence-electron chi connectivity index (χ1n) is 4.98. The van der Waals surface area contributed by atoms with Crippen LogP contribution in [0.15, 0.2) is 46.9 Å². The van der Waals surface area contributed by atoms with Crippen LogP contribution in [-0.4, -0.2) is 0 Å². The van der Waals surface area contributed by atoms with Gasteiger partial charge in [0.05, 0.1) is 4.47 Å². The minimum atomic E-state index is -0.431. The highest BCUT2D eigenvalue weighted by Crippen LogP contribution is 2.23. The first kappa shape index (κ1) is 12.0. The van der Waals surface area contributed by atoms with Crippen LogP contribution in [0.2, 0.25) is 0 Å². The minimum absolute atomic E-state index is 0.110. The Bertz CT molecular complexity index is 529. The van der Waals surface area contributed by atoms with Crippen LogP contribution in [0, 0.1) is 11.6 Å². The SMILES string of the molecule is Fc1ccccc1OCc1cccc(F)c1Br. The van der Waals surface area contributed by atoms with E-state index in [4.69, 9.17) is 4.74 Å². The van der Waals surface area contributed by atoms with E-state index in [1.807, 2.05) is 0 Å². The molecule has 0 spiro atoms. The third-order valence-electron chi connectivity index (χ3n) is 2.25. The quantitative estimate of drug-likeness (QED) is 0.820. The zero-order valence-electron chi connectivity index (χ0n) is 8.79. The maximum Gasteiger partial charge on any atom is 0.165 e. The molecule has 0 heterocycles. The Hall–Kier alpha value is -1.42. The molecule has 2 rings (SSSR count). The molecule has 0 fully saturated rings. The van der Waals surface area contributed by atoms with Gasteiger partial charge in [-0.1, -0.05) is 24.3 Å². The lowest BCUT2D eigenvalue weighted by Crippen LogP contribution is -1.99. The van der Waals surface area contributed by atoms with Crippen LogP contribution in [0.25, 0.3) is 0 Å². The van der Waals surface area contributed by atoms with Crippen molar-refractivity contribution in [1.82, 2.24) is 0 Å². The Labute approximate surface area is 106 Å². The summed E-state index contributed by atoms with van der Waals surface area (Å²) in [5, 5.41) is 0. The molecule has 88 valence electrons. The van der Waals surface area contributed by atoms with Gasteiger partial charge >= 0.3 is 0 Å². The molecule has 4 heteroatoms. The predicted molar refractivity (Wildman–Crippen MR) is 64.8 cm³/mol. The zero-order chi connectivity index (χ0) is 12.3. The van der Waals surface area contributed by atoms with Gasteiger partial charge < -0.3 is 4.74 Å². The van der Waals surface area contributed by atoms with Crippen LogP contribution in [0.3, 0.4) is 0 Å². The Morgan fingerprint density at radius 1 is 0.941 bits per heavy atom. The van der Waals surface area contributed by atoms with Gasteiger partial charge in [-0.15, -0.1) is 0 Å². The van der Waals surface area contributed by atoms with E-state index >= 15 is 0 Å². The first-order chi connectivity index (χ1) is 8.18. The molecule has 1 nitrogen and oxygen atoms in total. The van der Waals surface area contributed by atoms with E-state index in [1.54, 1.807) is 24.3 Å². The third-order valence-corrected chi connectivity index (χ3v) is 3.14. The second kappa shape index (κ2) is 5.27. The summed E-state index contributed by atoms with van der Waals surface area (Å²) < 4.78 is 32.1. The molecule has 0 bridgehead atoms. The smallest absolute Gasteiger partial charge is 0.165 e. The van der Waals surface area contributed by atoms with Gasteiger partial charge in [-0.2, -0.15) is 0 Å². The van der Waals surface area contributed by atoms with E-state index in [-0.39, 0.29) is 18.2 Å². The lowest BCUT2D eigenvalue weighted by molar-refractivity contribution is 0.289. The molecule has 0 aliphatic heterocycles. The van der Waals surface area contributed by atoms with E-state index in [9.17, 15) is 8.78 Å². The van der Waals surface area contributed by atoms with Crippen LogP contribution >= 0.6 is 15.9 Å². The maximum absolute atomic E-state index is 13.3. The maximum atomic E-state index is 13.3. The number of hydrogen-bond acceptors (Lipinski definition) is 1. The number of hydrogen-bond donors (Lipinski definition) is 0. The number of benzene rings is 2. The molecule has 0 amide bonds. The molecule has 0 unspecified atom stereocenters. The Balaban J connectivity index is 2.13. The van der Waals surface area contributed by atoms with Crippen molar-refractivity contribution >= 4 is 15.9 Å². The predicted octanol–water partition coefficient (Wildman–Crippen LogP) is 4.31. The molecular weight excluding hydrogens is 290 g/mol. The van der Waals surface area contributed by atoms with Crippen molar-refractivity contribution in [1.29, 1.82) is 0 Å². The largest absolute Gasteiger partial charge is 0.486 e. The fourth-order valence-electron chi connectivity index (χ4n) is 1.38. The van der Waals surface area contributed by atoms with E-state index in [0.717, 1.165) is 0 Å². The topological polar surface area (TPSA) is 9.23 Å². The van der Waals surface area contributed by atoms with Crippen LogP contribution in [0.5, 0.6) is 5.75 Å². The van der Waals surface area contributed by atoms with Crippen molar-refractivity contribution in [2.75, 3.05) is 0 Å². The highest BCUT2D eigenvalue weighted by molar-refractivity contribution is 9.10. The van der Waals surface area contributed by atoms with Crippen LogP contribution in [0.1, 0.15) is 5.56 Å². The van der Waals surface area contributed by atoms with Gasteiger partial charge in [0.1, 0.15) is 12.4 Å². The zero-order valence-corrected chi connectivity index (χ0v) is 10.4. The molecule has 2 aromatic carbocycles. The van der Waals surface area contributed by atoms with Gasteiger partial charge in [0.25, 0.3) is 0 Å². The fraction of sp³-hybridized carbons (Fsp3) is 0.0769. The minimum Gasteiger partial charge on any atom is -0.486 e. The molecular formula is C13H9BrF2O. The molecule has 0 aliphatic carbocycles. The van der Waals surface area contributed by atoms with E-state index in [2.05, 4.69) is 15.9 Å². The van der Waals surface area contributed by atoms with Crippen molar-refractivity contribution in [3.63, 3.8) is 0 Å². The number of halogens is 3. The van der Waals surface area contributed by atoms with Gasteiger partial charge in [0, 0.05) is 5.56 Å². The van der Waals surface area contributed by atoms with E-state index in [0.29, 0.717) is 10.0 Å². The van der Waals surface area contributed by atoms with Crippen molar-refractivity contribution < 1.29 is 13.5 Å². The van der Waals surface area contributed by atoms with Gasteiger partial charge in [-0.3, -0.25) is 0 Å². The normalized spacial score (nSPS) is 10.3. The van der Waals surface area contributed by atoms with Gasteiger partial charge in [-0.05, 0) is 34.1 Å². The molecule has 0 atom stereocenters. The van der Waals surface area contributed by atoms with E-state index < -0.39 is 5.82 Å². The summed E-state index contributed by atoms with van der Waals surface area (Å²) in [6.07, 6.45) is 0. The number of para-hydroxylation sites is 1. The highest BCUT2D eigenvalue weighted by atomic mass is 79.9. The van der Waals surface area contributed by atoms with Crippen LogP contribution < -0.4 is 4.74 Å². The van der Waals surface area contributed by atoms with Crippen LogP contribution in [0.4, 0.5) is 8.78 Å². The monoisotopic (exact) mass is 298 g/mol. The van der Waals surface area contributed by atoms with Gasteiger partial charge in [-0.25, -0.2) is 8.78 Å². The molecule has 0 radical (unpaired) electrons. The van der Waals surface area contributed by atoms with Crippen molar-refractivity contribution in [2.45, 2.75) is 6.61 Å². The highest BCUT2D eigenvalue weighted by Gasteiger charge is 2.07. The summed E-state index contributed by atoms with van der Waals surface area (Å²) in [7, 11) is 0. The summed E-state index contributed by atoms with van der Waals surface area (Å²) in [5.74, 6) is -0.636. The van der Waals surface area contributed by atoms with Crippen LogP contribution in [-0.2, 0) is 6.61 Å². The second-order valence-corrected chi connectivity index (χ2v) is 4.23. The summed E-state index contributed by atoms with van der Waals surface area (Å²) >= 11 is 3.12. The molecule has 0 aliphatic rings. The van der Waals surface area contributed by atoms with Crippen molar-refractivity contribution in [3.05, 3.63) is 64.1 Å². The molecule has 2 aromatic rings. The summed E-state index contributed by atoms with van der Waals surface area (Å²) in [6.45, 7) is 0.110. The van der Waals surface area contributed by atoms with Crippen molar-refractivity contribution in [3.8, 4) is 5.75 Å². The summed E-state index contributed by atoms with van der Waals surface area (Å²) in [6, 6.07) is 10.8. The Morgan fingerprint density at radius 3 is 2.41 bits per heavy atom. The molecule has 17 heavy (non-hydrogen) atoms. The third kappa shape index (κ3) is 2.82. The molecule has 0 saturated heterocycles. The van der Waals surface area contributed by atoms with E-state index in [1.165, 1.54) is 18.2 Å². The first-order valence-corrected chi connectivity index (χ1v) is 5.78.